The molecule has 1 aromatic rings. The van der Waals surface area contributed by atoms with E-state index in [4.69, 9.17) is 29.0 Å². The fourth-order valence-electron chi connectivity index (χ4n) is 3.47. The van der Waals surface area contributed by atoms with E-state index in [1.165, 1.54) is 25.6 Å². The minimum Gasteiger partial charge on any atom is -0.458 e. The van der Waals surface area contributed by atoms with Crippen LogP contribution in [0.1, 0.15) is 41.0 Å². The molecule has 1 heterocycles. The molecule has 2 N–H and O–H groups in total. The summed E-state index contributed by atoms with van der Waals surface area (Å²) in [4.78, 5) is 24.7. The number of carbonyl (C=O) groups excluding carboxylic acids is 2. The highest BCUT2D eigenvalue weighted by Crippen LogP contribution is 2.43. The SMILES string of the molecule is CCOP(CC[C@H]1O[C@H](Sc2ccc(N)cc2)[C@@H](C)[C@@H](OC(C)=O)[C@@H]1OC(C)=O)OCC. The summed E-state index contributed by atoms with van der Waals surface area (Å²) in [6.45, 7) is 9.57. The van der Waals surface area contributed by atoms with Crippen LogP contribution in [0.5, 0.6) is 0 Å². The minimum atomic E-state index is -1.08. The number of ether oxygens (including phenoxy) is 3. The third-order valence-corrected chi connectivity index (χ3v) is 7.86. The average molecular weight is 488 g/mol. The van der Waals surface area contributed by atoms with Gasteiger partial charge in [0.1, 0.15) is 17.6 Å². The van der Waals surface area contributed by atoms with Crippen LogP contribution in [0, 0.1) is 5.92 Å². The lowest BCUT2D eigenvalue weighted by Gasteiger charge is -2.44. The monoisotopic (exact) mass is 487 g/mol. The molecule has 1 aliphatic heterocycles. The number of nitrogen functional groups attached to an aromatic ring is 1. The third kappa shape index (κ3) is 8.19. The van der Waals surface area contributed by atoms with E-state index in [1.807, 2.05) is 45.0 Å². The van der Waals surface area contributed by atoms with E-state index in [-0.39, 0.29) is 11.4 Å². The Bertz CT molecular complexity index is 729. The Balaban J connectivity index is 2.26. The molecule has 5 atom stereocenters. The molecule has 0 bridgehead atoms. The Morgan fingerprint density at radius 1 is 1.03 bits per heavy atom. The van der Waals surface area contributed by atoms with Crippen LogP contribution >= 0.6 is 20.1 Å². The molecule has 180 valence electrons. The zero-order chi connectivity index (χ0) is 23.7. The van der Waals surface area contributed by atoms with Crippen LogP contribution in [0.3, 0.4) is 0 Å². The fourth-order valence-corrected chi connectivity index (χ4v) is 5.98. The standard InChI is InChI=1S/C22H34NO7PS/c1-6-26-31(27-7-2)13-12-19-21(29-16(5)25)20(28-15(4)24)14(3)22(30-19)32-18-10-8-17(23)9-11-18/h8-11,14,19-22H,6-7,12-13,23H2,1-5H3/t14-,19+,20+,21+,22+/m0/s1. The second-order valence-corrected chi connectivity index (χ2v) is 10.2. The van der Waals surface area contributed by atoms with Gasteiger partial charge in [0.25, 0.3) is 0 Å². The maximum absolute atomic E-state index is 11.9. The van der Waals surface area contributed by atoms with Crippen molar-refractivity contribution >= 4 is 37.8 Å². The van der Waals surface area contributed by atoms with Crippen molar-refractivity contribution in [2.75, 3.05) is 25.1 Å². The van der Waals surface area contributed by atoms with Crippen molar-refractivity contribution in [2.45, 2.75) is 69.7 Å². The smallest absolute Gasteiger partial charge is 0.303 e. The maximum atomic E-state index is 11.9. The number of hydrogen-bond donors (Lipinski definition) is 1. The van der Waals surface area contributed by atoms with Crippen molar-refractivity contribution in [3.05, 3.63) is 24.3 Å². The van der Waals surface area contributed by atoms with Crippen LogP contribution in [0.25, 0.3) is 0 Å². The van der Waals surface area contributed by atoms with Crippen LogP contribution in [-0.2, 0) is 32.8 Å². The van der Waals surface area contributed by atoms with Gasteiger partial charge < -0.3 is 29.0 Å². The van der Waals surface area contributed by atoms with Crippen LogP contribution < -0.4 is 5.73 Å². The number of thioether (sulfide) groups is 1. The quantitative estimate of drug-likeness (QED) is 0.277. The summed E-state index contributed by atoms with van der Waals surface area (Å²) in [5, 5.41) is 0. The first-order chi connectivity index (χ1) is 15.2. The Morgan fingerprint density at radius 2 is 1.59 bits per heavy atom. The van der Waals surface area contributed by atoms with Crippen molar-refractivity contribution < 1.29 is 32.8 Å². The Morgan fingerprint density at radius 3 is 2.12 bits per heavy atom. The number of rotatable bonds is 11. The third-order valence-electron chi connectivity index (χ3n) is 4.83. The van der Waals surface area contributed by atoms with Gasteiger partial charge in [0, 0.05) is 36.5 Å². The minimum absolute atomic E-state index is 0.220. The van der Waals surface area contributed by atoms with Gasteiger partial charge in [-0.05, 0) is 44.5 Å². The normalized spacial score (nSPS) is 25.5. The molecule has 0 amide bonds. The Kier molecular flexibility index (Phi) is 11.2. The summed E-state index contributed by atoms with van der Waals surface area (Å²) in [5.74, 6) is -1.10. The second kappa shape index (κ2) is 13.4. The summed E-state index contributed by atoms with van der Waals surface area (Å²) < 4.78 is 29.1. The number of anilines is 1. The summed E-state index contributed by atoms with van der Waals surface area (Å²) in [6, 6.07) is 7.51. The first-order valence-corrected chi connectivity index (χ1v) is 13.0. The molecule has 0 saturated carbocycles. The number of nitrogens with two attached hydrogens (primary N) is 1. The zero-order valence-electron chi connectivity index (χ0n) is 19.3. The summed E-state index contributed by atoms with van der Waals surface area (Å²) in [7, 11) is -1.08. The van der Waals surface area contributed by atoms with Crippen molar-refractivity contribution in [3.63, 3.8) is 0 Å². The molecule has 0 radical (unpaired) electrons. The van der Waals surface area contributed by atoms with Gasteiger partial charge in [0.15, 0.2) is 14.5 Å². The lowest BCUT2D eigenvalue weighted by Crippen LogP contribution is -2.55. The molecule has 1 saturated heterocycles. The van der Waals surface area contributed by atoms with Gasteiger partial charge in [-0.15, -0.1) is 0 Å². The molecule has 0 aliphatic carbocycles. The molecule has 1 aromatic carbocycles. The molecule has 1 fully saturated rings. The van der Waals surface area contributed by atoms with E-state index < -0.39 is 38.6 Å². The Labute approximate surface area is 195 Å². The van der Waals surface area contributed by atoms with Gasteiger partial charge in [0.2, 0.25) is 0 Å². The average Bonchev–Trinajstić information content (AvgIpc) is 2.73. The molecule has 8 nitrogen and oxygen atoms in total. The van der Waals surface area contributed by atoms with E-state index >= 15 is 0 Å². The predicted molar refractivity (Wildman–Crippen MR) is 125 cm³/mol. The van der Waals surface area contributed by atoms with Crippen LogP contribution in [0.2, 0.25) is 0 Å². The largest absolute Gasteiger partial charge is 0.458 e. The summed E-state index contributed by atoms with van der Waals surface area (Å²) >= 11 is 1.52. The molecular weight excluding hydrogens is 453 g/mol. The molecule has 0 aromatic heterocycles. The van der Waals surface area contributed by atoms with Gasteiger partial charge in [-0.2, -0.15) is 0 Å². The van der Waals surface area contributed by atoms with E-state index in [0.29, 0.717) is 31.5 Å². The zero-order valence-corrected chi connectivity index (χ0v) is 21.0. The molecule has 0 unspecified atom stereocenters. The molecule has 2 rings (SSSR count). The van der Waals surface area contributed by atoms with Crippen molar-refractivity contribution in [1.82, 2.24) is 0 Å². The van der Waals surface area contributed by atoms with Crippen LogP contribution in [-0.4, -0.2) is 55.1 Å². The van der Waals surface area contributed by atoms with Gasteiger partial charge in [-0.3, -0.25) is 9.59 Å². The van der Waals surface area contributed by atoms with E-state index in [9.17, 15) is 9.59 Å². The number of benzene rings is 1. The maximum Gasteiger partial charge on any atom is 0.303 e. The lowest BCUT2D eigenvalue weighted by atomic mass is 9.92. The van der Waals surface area contributed by atoms with Crippen molar-refractivity contribution in [2.24, 2.45) is 5.92 Å². The Hall–Kier alpha value is -1.38. The topological polar surface area (TPSA) is 106 Å². The van der Waals surface area contributed by atoms with Gasteiger partial charge >= 0.3 is 11.9 Å². The van der Waals surface area contributed by atoms with Gasteiger partial charge in [-0.25, -0.2) is 0 Å². The highest BCUT2D eigenvalue weighted by molar-refractivity contribution is 7.99. The van der Waals surface area contributed by atoms with Crippen LogP contribution in [0.4, 0.5) is 5.69 Å². The predicted octanol–water partition coefficient (Wildman–Crippen LogP) is 4.36. The number of esters is 2. The summed E-state index contributed by atoms with van der Waals surface area (Å²) in [6.07, 6.45) is -0.675. The van der Waals surface area contributed by atoms with Gasteiger partial charge in [0.05, 0.1) is 13.2 Å². The fraction of sp³-hybridized carbons (Fsp3) is 0.636. The van der Waals surface area contributed by atoms with E-state index in [0.717, 1.165) is 4.90 Å². The van der Waals surface area contributed by atoms with Crippen molar-refractivity contribution in [1.29, 1.82) is 0 Å². The number of hydrogen-bond acceptors (Lipinski definition) is 9. The van der Waals surface area contributed by atoms with E-state index in [2.05, 4.69) is 0 Å². The first kappa shape index (κ1) is 26.9. The first-order valence-electron chi connectivity index (χ1n) is 10.8. The molecule has 32 heavy (non-hydrogen) atoms. The molecule has 10 heteroatoms. The van der Waals surface area contributed by atoms with E-state index in [1.54, 1.807) is 0 Å². The summed E-state index contributed by atoms with van der Waals surface area (Å²) in [5.41, 5.74) is 6.16. The van der Waals surface area contributed by atoms with Gasteiger partial charge in [-0.1, -0.05) is 18.7 Å². The van der Waals surface area contributed by atoms with Crippen molar-refractivity contribution in [3.8, 4) is 0 Å². The molecular formula is C22H34NO7PS. The highest BCUT2D eigenvalue weighted by Gasteiger charge is 2.48. The van der Waals surface area contributed by atoms with Crippen LogP contribution in [0.15, 0.2) is 29.2 Å². The second-order valence-electron chi connectivity index (χ2n) is 7.42. The lowest BCUT2D eigenvalue weighted by molar-refractivity contribution is -0.210. The molecule has 1 aliphatic rings. The number of carbonyl (C=O) groups is 2. The molecule has 0 spiro atoms. The highest BCUT2D eigenvalue weighted by atomic mass is 32.2.